The van der Waals surface area contributed by atoms with Gasteiger partial charge in [-0.15, -0.1) is 0 Å². The molecule has 0 radical (unpaired) electrons. The lowest BCUT2D eigenvalue weighted by molar-refractivity contribution is -0.118. The van der Waals surface area contributed by atoms with Crippen molar-refractivity contribution in [2.75, 3.05) is 5.32 Å². The first-order valence-corrected chi connectivity index (χ1v) is 7.56. The van der Waals surface area contributed by atoms with Gasteiger partial charge in [0.1, 0.15) is 6.04 Å². The molecule has 120 valence electrons. The summed E-state index contributed by atoms with van der Waals surface area (Å²) in [6.07, 6.45) is 3.20. The zero-order valence-corrected chi connectivity index (χ0v) is 13.5. The highest BCUT2D eigenvalue weighted by Crippen LogP contribution is 2.11. The molecule has 5 nitrogen and oxygen atoms in total. The van der Waals surface area contributed by atoms with Crippen LogP contribution < -0.4 is 10.6 Å². The van der Waals surface area contributed by atoms with Crippen LogP contribution in [0.15, 0.2) is 48.8 Å². The quantitative estimate of drug-likeness (QED) is 0.892. The summed E-state index contributed by atoms with van der Waals surface area (Å²) in [7, 11) is 0. The van der Waals surface area contributed by atoms with Gasteiger partial charge in [-0.1, -0.05) is 32.0 Å². The average Bonchev–Trinajstić information content (AvgIpc) is 2.53. The first kappa shape index (κ1) is 16.7. The number of pyridine rings is 1. The van der Waals surface area contributed by atoms with Gasteiger partial charge in [-0.25, -0.2) is 0 Å². The van der Waals surface area contributed by atoms with Crippen LogP contribution in [0.1, 0.15) is 29.8 Å². The van der Waals surface area contributed by atoms with E-state index in [-0.39, 0.29) is 17.7 Å². The van der Waals surface area contributed by atoms with Gasteiger partial charge in [0, 0.05) is 11.8 Å². The molecule has 5 heteroatoms. The highest BCUT2D eigenvalue weighted by molar-refractivity contribution is 6.01. The van der Waals surface area contributed by atoms with E-state index in [1.54, 1.807) is 30.6 Å². The Balaban J connectivity index is 2.11. The van der Waals surface area contributed by atoms with Crippen molar-refractivity contribution in [2.24, 2.45) is 5.92 Å². The number of hydrogen-bond donors (Lipinski definition) is 2. The number of aryl methyl sites for hydroxylation is 1. The van der Waals surface area contributed by atoms with E-state index in [9.17, 15) is 9.59 Å². The largest absolute Gasteiger partial charge is 0.340 e. The highest BCUT2D eigenvalue weighted by Gasteiger charge is 2.25. The third-order valence-electron chi connectivity index (χ3n) is 3.55. The third-order valence-corrected chi connectivity index (χ3v) is 3.55. The van der Waals surface area contributed by atoms with Crippen LogP contribution in [0.4, 0.5) is 5.69 Å². The van der Waals surface area contributed by atoms with Crippen LogP contribution in [-0.2, 0) is 4.79 Å². The Hall–Kier alpha value is -2.69. The minimum Gasteiger partial charge on any atom is -0.340 e. The molecule has 0 aliphatic heterocycles. The molecule has 1 unspecified atom stereocenters. The Morgan fingerprint density at radius 2 is 1.83 bits per heavy atom. The van der Waals surface area contributed by atoms with Crippen molar-refractivity contribution in [3.63, 3.8) is 0 Å². The lowest BCUT2D eigenvalue weighted by Crippen LogP contribution is -2.47. The van der Waals surface area contributed by atoms with Gasteiger partial charge < -0.3 is 10.6 Å². The number of nitrogens with zero attached hydrogens (tertiary/aromatic N) is 1. The van der Waals surface area contributed by atoms with E-state index >= 15 is 0 Å². The predicted octanol–water partition coefficient (Wildman–Crippen LogP) is 2.78. The van der Waals surface area contributed by atoms with Crippen molar-refractivity contribution < 1.29 is 9.59 Å². The smallest absolute Gasteiger partial charge is 0.252 e. The molecule has 2 amide bonds. The molecule has 2 N–H and O–H groups in total. The van der Waals surface area contributed by atoms with E-state index < -0.39 is 6.04 Å². The number of carbonyl (C=O) groups is 2. The Morgan fingerprint density at radius 3 is 2.43 bits per heavy atom. The highest BCUT2D eigenvalue weighted by atomic mass is 16.2. The standard InChI is InChI=1S/C18H21N3O2/c1-12(2)16(18(23)20-14-8-6-10-19-11-14)21-17(22)15-9-5-4-7-13(15)3/h4-12,16H,1-3H3,(H,20,23)(H,21,22). The first-order valence-electron chi connectivity index (χ1n) is 7.56. The van der Waals surface area contributed by atoms with Crippen LogP contribution in [0.5, 0.6) is 0 Å². The molecule has 2 aromatic rings. The molecule has 0 aliphatic carbocycles. The summed E-state index contributed by atoms with van der Waals surface area (Å²) >= 11 is 0. The topological polar surface area (TPSA) is 71.1 Å². The number of carbonyl (C=O) groups excluding carboxylic acids is 2. The summed E-state index contributed by atoms with van der Waals surface area (Å²) in [6, 6.07) is 10.2. The van der Waals surface area contributed by atoms with Gasteiger partial charge in [-0.3, -0.25) is 14.6 Å². The molecule has 0 aliphatic rings. The van der Waals surface area contributed by atoms with Crippen molar-refractivity contribution in [3.05, 3.63) is 59.9 Å². The molecule has 0 saturated heterocycles. The van der Waals surface area contributed by atoms with Crippen LogP contribution >= 0.6 is 0 Å². The summed E-state index contributed by atoms with van der Waals surface area (Å²) in [5.41, 5.74) is 2.06. The van der Waals surface area contributed by atoms with Gasteiger partial charge in [-0.05, 0) is 36.6 Å². The monoisotopic (exact) mass is 311 g/mol. The van der Waals surface area contributed by atoms with E-state index in [1.165, 1.54) is 0 Å². The predicted molar refractivity (Wildman–Crippen MR) is 90.1 cm³/mol. The number of nitrogens with one attached hydrogen (secondary N) is 2. The number of benzene rings is 1. The maximum atomic E-state index is 12.5. The fraction of sp³-hybridized carbons (Fsp3) is 0.278. The summed E-state index contributed by atoms with van der Waals surface area (Å²) in [5.74, 6) is -0.544. The van der Waals surface area contributed by atoms with Crippen LogP contribution in [-0.4, -0.2) is 22.8 Å². The Labute approximate surface area is 136 Å². The van der Waals surface area contributed by atoms with Crippen molar-refractivity contribution in [2.45, 2.75) is 26.8 Å². The zero-order valence-electron chi connectivity index (χ0n) is 13.5. The van der Waals surface area contributed by atoms with Gasteiger partial charge in [0.2, 0.25) is 5.91 Å². The van der Waals surface area contributed by atoms with E-state index in [0.717, 1.165) is 5.56 Å². The maximum absolute atomic E-state index is 12.5. The number of hydrogen-bond acceptors (Lipinski definition) is 3. The third kappa shape index (κ3) is 4.39. The summed E-state index contributed by atoms with van der Waals surface area (Å²) in [4.78, 5) is 28.8. The van der Waals surface area contributed by atoms with Gasteiger partial charge in [0.25, 0.3) is 5.91 Å². The van der Waals surface area contributed by atoms with Crippen LogP contribution in [0, 0.1) is 12.8 Å². The van der Waals surface area contributed by atoms with Gasteiger partial charge in [0.05, 0.1) is 11.9 Å². The molecule has 2 rings (SSSR count). The fourth-order valence-corrected chi connectivity index (χ4v) is 2.24. The molecular weight excluding hydrogens is 290 g/mol. The molecule has 0 fully saturated rings. The Kier molecular flexibility index (Phi) is 5.46. The minimum atomic E-state index is -0.623. The fourth-order valence-electron chi connectivity index (χ4n) is 2.24. The van der Waals surface area contributed by atoms with E-state index in [4.69, 9.17) is 0 Å². The van der Waals surface area contributed by atoms with Crippen molar-refractivity contribution in [1.29, 1.82) is 0 Å². The molecule has 1 aromatic heterocycles. The van der Waals surface area contributed by atoms with E-state index in [2.05, 4.69) is 15.6 Å². The van der Waals surface area contributed by atoms with Crippen LogP contribution in [0.25, 0.3) is 0 Å². The molecule has 1 aromatic carbocycles. The Bertz CT molecular complexity index is 684. The minimum absolute atomic E-state index is 0.0420. The molecular formula is C18H21N3O2. The Morgan fingerprint density at radius 1 is 1.09 bits per heavy atom. The van der Waals surface area contributed by atoms with Crippen LogP contribution in [0.2, 0.25) is 0 Å². The van der Waals surface area contributed by atoms with Gasteiger partial charge in [0.15, 0.2) is 0 Å². The van der Waals surface area contributed by atoms with Crippen molar-refractivity contribution in [3.8, 4) is 0 Å². The van der Waals surface area contributed by atoms with E-state index in [0.29, 0.717) is 11.3 Å². The van der Waals surface area contributed by atoms with Crippen molar-refractivity contribution >= 4 is 17.5 Å². The number of amides is 2. The summed E-state index contributed by atoms with van der Waals surface area (Å²) in [5, 5.41) is 5.60. The van der Waals surface area contributed by atoms with Crippen LogP contribution in [0.3, 0.4) is 0 Å². The SMILES string of the molecule is Cc1ccccc1C(=O)NC(C(=O)Nc1cccnc1)C(C)C. The number of rotatable bonds is 5. The molecule has 0 spiro atoms. The first-order chi connectivity index (χ1) is 11.0. The van der Waals surface area contributed by atoms with Gasteiger partial charge in [-0.2, -0.15) is 0 Å². The normalized spacial score (nSPS) is 11.8. The number of aromatic nitrogens is 1. The lowest BCUT2D eigenvalue weighted by atomic mass is 10.0. The second-order valence-corrected chi connectivity index (χ2v) is 5.74. The second kappa shape index (κ2) is 7.54. The second-order valence-electron chi connectivity index (χ2n) is 5.74. The molecule has 0 bridgehead atoms. The molecule has 0 saturated carbocycles. The van der Waals surface area contributed by atoms with Crippen molar-refractivity contribution in [1.82, 2.24) is 10.3 Å². The lowest BCUT2D eigenvalue weighted by Gasteiger charge is -2.22. The molecule has 1 atom stereocenters. The summed E-state index contributed by atoms with van der Waals surface area (Å²) < 4.78 is 0. The van der Waals surface area contributed by atoms with Gasteiger partial charge >= 0.3 is 0 Å². The summed E-state index contributed by atoms with van der Waals surface area (Å²) in [6.45, 7) is 5.66. The molecule has 1 heterocycles. The average molecular weight is 311 g/mol. The zero-order chi connectivity index (χ0) is 16.8. The number of anilines is 1. The van der Waals surface area contributed by atoms with E-state index in [1.807, 2.05) is 39.0 Å². The maximum Gasteiger partial charge on any atom is 0.252 e. The molecule has 23 heavy (non-hydrogen) atoms.